The average molecular weight is 919 g/mol. The minimum atomic E-state index is -0.542. The lowest BCUT2D eigenvalue weighted by Crippen LogP contribution is -2.51. The molecule has 18 nitrogen and oxygen atoms in total. The number of benzene rings is 2. The van der Waals surface area contributed by atoms with Crippen LogP contribution in [0.1, 0.15) is 62.6 Å². The second kappa shape index (κ2) is 26.8. The summed E-state index contributed by atoms with van der Waals surface area (Å²) in [6.45, 7) is 3.89. The van der Waals surface area contributed by atoms with E-state index in [-0.39, 0.29) is 70.0 Å². The van der Waals surface area contributed by atoms with Crippen molar-refractivity contribution in [1.82, 2.24) is 50.5 Å². The number of fused-ring (bicyclic) bond motifs is 2. The fourth-order valence-electron chi connectivity index (χ4n) is 7.65. The molecule has 5 rings (SSSR count). The lowest BCUT2D eigenvalue weighted by molar-refractivity contribution is -0.145. The molecule has 0 spiro atoms. The summed E-state index contributed by atoms with van der Waals surface area (Å²) in [4.78, 5) is 98.9. The largest absolute Gasteiger partial charge is 0.388 e. The molecule has 0 atom stereocenters. The first-order valence-corrected chi connectivity index (χ1v) is 23.1. The number of amidine groups is 1. The molecule has 5 aromatic rings. The van der Waals surface area contributed by atoms with Crippen molar-refractivity contribution in [2.45, 2.75) is 65.3 Å². The van der Waals surface area contributed by atoms with Crippen LogP contribution in [0.15, 0.2) is 85.5 Å². The summed E-state index contributed by atoms with van der Waals surface area (Å²) in [6.07, 6.45) is 10.6. The standard InChI is InChI=1S/C49H66N12O6/c1-3-20-52-29-46(64)59(24-18-37-27-55-41-15-7-5-13-39(37)41)32-45(63)57-30-47(65)58(23-10-9-17-43(50)51)34-48(66)60(25-19-38-28-56-42-16-8-6-14-40(38)42)35-49(67)61(33-44(62)54-21-4-2)31-36-12-11-22-53-26-36/h5-8,11-16,22,26-28,52,55-56H,3-4,9-10,17-21,23-25,29-35H2,1-2H3,(H3,50,51)(H,54,62)(H,57,63). The number of carbonyl (C=O) groups excluding carboxylic acids is 6. The highest BCUT2D eigenvalue weighted by molar-refractivity contribution is 5.92. The molecule has 0 fully saturated rings. The van der Waals surface area contributed by atoms with E-state index in [1.807, 2.05) is 74.8 Å². The number of pyridine rings is 1. The van der Waals surface area contributed by atoms with Crippen LogP contribution in [0.2, 0.25) is 0 Å². The zero-order chi connectivity index (χ0) is 48.0. The molecule has 0 aliphatic rings. The quantitative estimate of drug-likeness (QED) is 0.0211. The monoisotopic (exact) mass is 919 g/mol. The van der Waals surface area contributed by atoms with E-state index in [0.29, 0.717) is 57.2 Å². The summed E-state index contributed by atoms with van der Waals surface area (Å²) in [5, 5.41) is 18.3. The Hall–Kier alpha value is -7.08. The molecule has 0 saturated carbocycles. The summed E-state index contributed by atoms with van der Waals surface area (Å²) in [6, 6.07) is 19.2. The van der Waals surface area contributed by atoms with Gasteiger partial charge in [0.1, 0.15) is 0 Å². The van der Waals surface area contributed by atoms with Crippen LogP contribution in [0, 0.1) is 5.41 Å². The van der Waals surface area contributed by atoms with Gasteiger partial charge < -0.3 is 51.3 Å². The van der Waals surface area contributed by atoms with E-state index in [4.69, 9.17) is 11.1 Å². The Kier molecular flexibility index (Phi) is 20.3. The van der Waals surface area contributed by atoms with E-state index in [1.165, 1.54) is 19.6 Å². The first-order valence-electron chi connectivity index (χ1n) is 23.1. The van der Waals surface area contributed by atoms with Gasteiger partial charge in [-0.05, 0) is 80.0 Å². The number of nitrogens with zero attached hydrogens (tertiary/aromatic N) is 5. The van der Waals surface area contributed by atoms with Gasteiger partial charge in [-0.3, -0.25) is 39.2 Å². The highest BCUT2D eigenvalue weighted by Crippen LogP contribution is 2.20. The third-order valence-electron chi connectivity index (χ3n) is 11.3. The van der Waals surface area contributed by atoms with Crippen LogP contribution in [0.25, 0.3) is 21.8 Å². The van der Waals surface area contributed by atoms with Crippen LogP contribution >= 0.6 is 0 Å². The van der Waals surface area contributed by atoms with E-state index in [0.717, 1.165) is 39.4 Å². The molecule has 0 unspecified atom stereocenters. The summed E-state index contributed by atoms with van der Waals surface area (Å²) in [5.41, 5.74) is 10.2. The molecule has 3 aromatic heterocycles. The lowest BCUT2D eigenvalue weighted by atomic mass is 10.1. The predicted octanol–water partition coefficient (Wildman–Crippen LogP) is 3.09. The molecule has 0 bridgehead atoms. The molecule has 0 aliphatic carbocycles. The van der Waals surface area contributed by atoms with Gasteiger partial charge in [0.15, 0.2) is 0 Å². The smallest absolute Gasteiger partial charge is 0.242 e. The summed E-state index contributed by atoms with van der Waals surface area (Å²) >= 11 is 0. The van der Waals surface area contributed by atoms with Crippen molar-refractivity contribution in [1.29, 1.82) is 5.41 Å². The minimum absolute atomic E-state index is 0.00362. The van der Waals surface area contributed by atoms with Gasteiger partial charge in [-0.15, -0.1) is 0 Å². The zero-order valence-electron chi connectivity index (χ0n) is 38.8. The van der Waals surface area contributed by atoms with E-state index in [2.05, 4.69) is 30.9 Å². The summed E-state index contributed by atoms with van der Waals surface area (Å²) in [5.74, 6) is -2.66. The fourth-order valence-corrected chi connectivity index (χ4v) is 7.65. The van der Waals surface area contributed by atoms with Gasteiger partial charge in [-0.2, -0.15) is 0 Å². The number of carbonyl (C=O) groups is 6. The number of para-hydroxylation sites is 2. The van der Waals surface area contributed by atoms with Crippen LogP contribution in [-0.2, 0) is 48.2 Å². The van der Waals surface area contributed by atoms with Gasteiger partial charge in [0.2, 0.25) is 35.4 Å². The van der Waals surface area contributed by atoms with E-state index < -0.39 is 36.7 Å². The van der Waals surface area contributed by atoms with Crippen LogP contribution in [0.5, 0.6) is 0 Å². The number of unbranched alkanes of at least 4 members (excludes halogenated alkanes) is 1. The number of aromatic amines is 2. The van der Waals surface area contributed by atoms with Crippen molar-refractivity contribution in [3.8, 4) is 0 Å². The normalized spacial score (nSPS) is 11.0. The van der Waals surface area contributed by atoms with Gasteiger partial charge in [0, 0.05) is 85.7 Å². The second-order valence-electron chi connectivity index (χ2n) is 16.6. The van der Waals surface area contributed by atoms with Crippen molar-refractivity contribution in [2.24, 2.45) is 5.73 Å². The third kappa shape index (κ3) is 16.4. The number of hydrogen-bond donors (Lipinski definition) is 7. The molecule has 6 amide bonds. The summed E-state index contributed by atoms with van der Waals surface area (Å²) in [7, 11) is 0. The number of aromatic nitrogens is 3. The molecular weight excluding hydrogens is 853 g/mol. The summed E-state index contributed by atoms with van der Waals surface area (Å²) < 4.78 is 0. The predicted molar refractivity (Wildman–Crippen MR) is 259 cm³/mol. The molecule has 0 aliphatic heterocycles. The van der Waals surface area contributed by atoms with Crippen molar-refractivity contribution < 1.29 is 28.8 Å². The Labute approximate surface area is 391 Å². The first-order chi connectivity index (χ1) is 32.4. The average Bonchev–Trinajstić information content (AvgIpc) is 3.95. The number of rotatable bonds is 29. The van der Waals surface area contributed by atoms with E-state index in [9.17, 15) is 28.8 Å². The second-order valence-corrected chi connectivity index (χ2v) is 16.6. The molecule has 3 heterocycles. The number of nitrogens with one attached hydrogen (secondary N) is 6. The topological polar surface area (TPSA) is 246 Å². The van der Waals surface area contributed by atoms with Gasteiger partial charge in [-0.1, -0.05) is 56.3 Å². The molecule has 358 valence electrons. The molecule has 18 heteroatoms. The Bertz CT molecular complexity index is 2420. The number of nitrogens with two attached hydrogens (primary N) is 1. The Balaban J connectivity index is 1.31. The van der Waals surface area contributed by atoms with Gasteiger partial charge in [0.05, 0.1) is 45.1 Å². The van der Waals surface area contributed by atoms with Crippen LogP contribution in [0.3, 0.4) is 0 Å². The Morgan fingerprint density at radius 3 is 1.78 bits per heavy atom. The molecule has 2 aromatic carbocycles. The molecule has 0 radical (unpaired) electrons. The van der Waals surface area contributed by atoms with Crippen LogP contribution in [0.4, 0.5) is 0 Å². The SMILES string of the molecule is CCCNCC(=O)N(CCc1c[nH]c2ccccc12)CC(=O)NCC(=O)N(CCCCC(=N)N)CC(=O)N(CCc1c[nH]c2ccccc12)CC(=O)N(CC(=O)NCCC)Cc1cccnc1. The maximum atomic E-state index is 14.5. The van der Waals surface area contributed by atoms with E-state index in [1.54, 1.807) is 24.5 Å². The van der Waals surface area contributed by atoms with Crippen molar-refractivity contribution >= 4 is 63.1 Å². The molecule has 0 saturated heterocycles. The number of amides is 6. The third-order valence-corrected chi connectivity index (χ3v) is 11.3. The highest BCUT2D eigenvalue weighted by Gasteiger charge is 2.27. The molecule has 67 heavy (non-hydrogen) atoms. The maximum Gasteiger partial charge on any atom is 0.242 e. The van der Waals surface area contributed by atoms with Gasteiger partial charge >= 0.3 is 0 Å². The van der Waals surface area contributed by atoms with Crippen LogP contribution in [-0.4, -0.2) is 148 Å². The Morgan fingerprint density at radius 1 is 0.627 bits per heavy atom. The number of H-pyrrole nitrogens is 2. The van der Waals surface area contributed by atoms with Gasteiger partial charge in [-0.25, -0.2) is 0 Å². The zero-order valence-corrected chi connectivity index (χ0v) is 38.8. The highest BCUT2D eigenvalue weighted by atomic mass is 16.2. The lowest BCUT2D eigenvalue weighted by Gasteiger charge is -2.30. The number of hydrogen-bond acceptors (Lipinski definition) is 9. The van der Waals surface area contributed by atoms with Gasteiger partial charge in [0.25, 0.3) is 0 Å². The van der Waals surface area contributed by atoms with Crippen molar-refractivity contribution in [3.05, 3.63) is 102 Å². The van der Waals surface area contributed by atoms with Crippen molar-refractivity contribution in [3.63, 3.8) is 0 Å². The molecule has 8 N–H and O–H groups in total. The maximum absolute atomic E-state index is 14.5. The Morgan fingerprint density at radius 2 is 1.18 bits per heavy atom. The van der Waals surface area contributed by atoms with Crippen LogP contribution < -0.4 is 21.7 Å². The fraction of sp³-hybridized carbons (Fsp3) is 0.429. The van der Waals surface area contributed by atoms with E-state index >= 15 is 0 Å². The molecular formula is C49H66N12O6. The van der Waals surface area contributed by atoms with Crippen molar-refractivity contribution in [2.75, 3.05) is 72.0 Å². The minimum Gasteiger partial charge on any atom is -0.388 e. The first kappa shape index (κ1) is 50.9.